The van der Waals surface area contributed by atoms with Crippen LogP contribution in [0.2, 0.25) is 0 Å². The highest BCUT2D eigenvalue weighted by atomic mass is 35.5. The minimum atomic E-state index is -3.91. The molecule has 1 heterocycles. The lowest BCUT2D eigenvalue weighted by molar-refractivity contribution is 0.598. The third-order valence-electron chi connectivity index (χ3n) is 3.46. The van der Waals surface area contributed by atoms with Crippen molar-refractivity contribution >= 4 is 38.3 Å². The third kappa shape index (κ3) is 3.52. The molecule has 9 heteroatoms. The van der Waals surface area contributed by atoms with Crippen LogP contribution in [0.3, 0.4) is 0 Å². The molecule has 2 aromatic carbocycles. The van der Waals surface area contributed by atoms with Crippen molar-refractivity contribution in [1.29, 1.82) is 0 Å². The lowest BCUT2D eigenvalue weighted by Crippen LogP contribution is -2.21. The van der Waals surface area contributed by atoms with Crippen LogP contribution < -0.4 is 9.56 Å². The van der Waals surface area contributed by atoms with Gasteiger partial charge in [0.05, 0.1) is 10.6 Å². The molecule has 2 N–H and O–H groups in total. The molecular formula is C16H13ClFN3O2S2. The van der Waals surface area contributed by atoms with Crippen molar-refractivity contribution in [3.63, 3.8) is 0 Å². The van der Waals surface area contributed by atoms with Crippen LogP contribution in [0, 0.1) is 5.82 Å². The van der Waals surface area contributed by atoms with Gasteiger partial charge in [-0.05, 0) is 30.3 Å². The number of nitrogens with zero attached hydrogens (tertiary/aromatic N) is 2. The van der Waals surface area contributed by atoms with Crippen molar-refractivity contribution in [3.05, 3.63) is 65.3 Å². The minimum absolute atomic E-state index is 0.0562. The Labute approximate surface area is 153 Å². The van der Waals surface area contributed by atoms with Crippen LogP contribution in [0.5, 0.6) is 0 Å². The molecule has 0 amide bonds. The average molecular weight is 398 g/mol. The quantitative estimate of drug-likeness (QED) is 0.665. The molecule has 1 aromatic heterocycles. The van der Waals surface area contributed by atoms with Gasteiger partial charge in [-0.25, -0.2) is 9.37 Å². The van der Waals surface area contributed by atoms with Crippen molar-refractivity contribution in [2.24, 2.45) is 5.73 Å². The van der Waals surface area contributed by atoms with Gasteiger partial charge < -0.3 is 5.73 Å². The van der Waals surface area contributed by atoms with Gasteiger partial charge in [0.15, 0.2) is 0 Å². The van der Waals surface area contributed by atoms with Crippen molar-refractivity contribution in [2.45, 2.75) is 11.4 Å². The summed E-state index contributed by atoms with van der Waals surface area (Å²) in [6.45, 7) is 0.0562. The summed E-state index contributed by atoms with van der Waals surface area (Å²) < 4.78 is 39.2. The fraction of sp³-hybridized carbons (Fsp3) is 0.0625. The summed E-state index contributed by atoms with van der Waals surface area (Å²) in [7, 11) is -3.91. The Kier molecular flexibility index (Phi) is 5.05. The molecular weight excluding hydrogens is 385 g/mol. The van der Waals surface area contributed by atoms with Crippen LogP contribution in [0.1, 0.15) is 5.56 Å². The topological polar surface area (TPSA) is 76.3 Å². The Morgan fingerprint density at radius 3 is 2.60 bits per heavy atom. The highest BCUT2D eigenvalue weighted by Crippen LogP contribution is 2.32. The summed E-state index contributed by atoms with van der Waals surface area (Å²) in [6.07, 6.45) is 0. The predicted molar refractivity (Wildman–Crippen MR) is 97.4 cm³/mol. The Morgan fingerprint density at radius 2 is 1.92 bits per heavy atom. The number of hydrogen-bond donors (Lipinski definition) is 1. The predicted octanol–water partition coefficient (Wildman–Crippen LogP) is 3.76. The minimum Gasteiger partial charge on any atom is -0.326 e. The molecule has 25 heavy (non-hydrogen) atoms. The van der Waals surface area contributed by atoms with Gasteiger partial charge in [-0.3, -0.25) is 0 Å². The van der Waals surface area contributed by atoms with E-state index in [2.05, 4.69) is 4.98 Å². The summed E-state index contributed by atoms with van der Waals surface area (Å²) in [4.78, 5) is 4.31. The van der Waals surface area contributed by atoms with Gasteiger partial charge in [-0.2, -0.15) is 8.42 Å². The van der Waals surface area contributed by atoms with Crippen LogP contribution in [0.4, 0.5) is 9.52 Å². The maximum absolute atomic E-state index is 13.6. The first-order valence-electron chi connectivity index (χ1n) is 7.14. The summed E-state index contributed by atoms with van der Waals surface area (Å²) in [5.74, 6) is -0.396. The second kappa shape index (κ2) is 7.09. The summed E-state index contributed by atoms with van der Waals surface area (Å²) in [6, 6.07) is 12.3. The maximum Gasteiger partial charge on any atom is 0.280 e. The van der Waals surface area contributed by atoms with Gasteiger partial charge >= 0.3 is 0 Å². The number of sulfonamides is 1. The normalized spacial score (nSPS) is 11.5. The van der Waals surface area contributed by atoms with E-state index in [1.165, 1.54) is 18.2 Å². The Hall–Kier alpha value is -2.00. The SMILES string of the molecule is NCc1cc(-c2csc(N(Cl)S(=O)(=O)c3ccccc3)n2)ccc1F. The first-order valence-corrected chi connectivity index (χ1v) is 9.80. The molecule has 0 unspecified atom stereocenters. The molecule has 0 aliphatic heterocycles. The van der Waals surface area contributed by atoms with Crippen molar-refractivity contribution in [3.8, 4) is 11.3 Å². The maximum atomic E-state index is 13.6. The number of rotatable bonds is 5. The molecule has 0 saturated carbocycles. The van der Waals surface area contributed by atoms with E-state index in [1.54, 1.807) is 35.7 Å². The molecule has 0 aliphatic rings. The van der Waals surface area contributed by atoms with E-state index in [4.69, 9.17) is 17.5 Å². The zero-order valence-electron chi connectivity index (χ0n) is 12.8. The fourth-order valence-electron chi connectivity index (χ4n) is 2.16. The number of aromatic nitrogens is 1. The molecule has 3 aromatic rings. The number of nitrogens with two attached hydrogens (primary N) is 1. The number of thiazole rings is 1. The van der Waals surface area contributed by atoms with Crippen LogP contribution in [-0.4, -0.2) is 13.4 Å². The van der Waals surface area contributed by atoms with E-state index in [0.29, 0.717) is 20.6 Å². The monoisotopic (exact) mass is 397 g/mol. The second-order valence-corrected chi connectivity index (χ2v) is 8.22. The van der Waals surface area contributed by atoms with E-state index < -0.39 is 15.8 Å². The molecule has 130 valence electrons. The largest absolute Gasteiger partial charge is 0.326 e. The first kappa shape index (κ1) is 17.8. The zero-order valence-corrected chi connectivity index (χ0v) is 15.2. The lowest BCUT2D eigenvalue weighted by atomic mass is 10.1. The van der Waals surface area contributed by atoms with E-state index >= 15 is 0 Å². The zero-order chi connectivity index (χ0) is 18.0. The molecule has 0 bridgehead atoms. The molecule has 0 fully saturated rings. The van der Waals surface area contributed by atoms with Crippen molar-refractivity contribution in [2.75, 3.05) is 3.82 Å². The fourth-order valence-corrected chi connectivity index (χ4v) is 4.55. The number of halogens is 2. The van der Waals surface area contributed by atoms with Gasteiger partial charge in [0.2, 0.25) is 5.13 Å². The molecule has 5 nitrogen and oxygen atoms in total. The van der Waals surface area contributed by atoms with Crippen molar-refractivity contribution in [1.82, 2.24) is 4.98 Å². The van der Waals surface area contributed by atoms with E-state index in [1.807, 2.05) is 0 Å². The molecule has 0 radical (unpaired) electrons. The number of benzene rings is 2. The van der Waals surface area contributed by atoms with Crippen LogP contribution in [0.25, 0.3) is 11.3 Å². The Morgan fingerprint density at radius 1 is 1.20 bits per heavy atom. The van der Waals surface area contributed by atoms with E-state index in [0.717, 1.165) is 11.3 Å². The second-order valence-electron chi connectivity index (χ2n) is 5.06. The van der Waals surface area contributed by atoms with Crippen LogP contribution in [0.15, 0.2) is 58.8 Å². The molecule has 0 spiro atoms. The van der Waals surface area contributed by atoms with E-state index in [-0.39, 0.29) is 16.6 Å². The average Bonchev–Trinajstić information content (AvgIpc) is 3.12. The first-order chi connectivity index (χ1) is 11.9. The van der Waals surface area contributed by atoms with E-state index in [9.17, 15) is 12.8 Å². The lowest BCUT2D eigenvalue weighted by Gasteiger charge is -2.12. The molecule has 0 aliphatic carbocycles. The van der Waals surface area contributed by atoms with Gasteiger partial charge in [-0.1, -0.05) is 18.2 Å². The smallest absolute Gasteiger partial charge is 0.280 e. The highest BCUT2D eigenvalue weighted by Gasteiger charge is 2.26. The number of anilines is 1. The summed E-state index contributed by atoms with van der Waals surface area (Å²) in [5, 5.41) is 1.75. The van der Waals surface area contributed by atoms with Gasteiger partial charge in [-0.15, -0.1) is 15.2 Å². The molecule has 3 rings (SSSR count). The van der Waals surface area contributed by atoms with Crippen molar-refractivity contribution < 1.29 is 12.8 Å². The van der Waals surface area contributed by atoms with Gasteiger partial charge in [0.25, 0.3) is 10.0 Å². The standard InChI is InChI=1S/C16H13ClFN3O2S2/c17-21(25(22,23)13-4-2-1-3-5-13)16-20-15(10-24-16)11-6-7-14(18)12(8-11)9-19/h1-8,10H,9,19H2. The third-order valence-corrected chi connectivity index (χ3v) is 6.67. The highest BCUT2D eigenvalue weighted by molar-refractivity contribution is 7.94. The summed E-state index contributed by atoms with van der Waals surface area (Å²) >= 11 is 7.10. The number of hydrogen-bond acceptors (Lipinski definition) is 5. The van der Waals surface area contributed by atoms with Crippen LogP contribution in [-0.2, 0) is 16.6 Å². The Balaban J connectivity index is 1.94. The summed E-state index contributed by atoms with van der Waals surface area (Å²) in [5.41, 5.74) is 6.98. The Bertz CT molecular complexity index is 994. The molecule has 0 saturated heterocycles. The van der Waals surface area contributed by atoms with Gasteiger partial charge in [0, 0.05) is 34.8 Å². The van der Waals surface area contributed by atoms with Crippen LogP contribution >= 0.6 is 23.1 Å². The van der Waals surface area contributed by atoms with Gasteiger partial charge in [0.1, 0.15) is 5.82 Å². The molecule has 0 atom stereocenters.